The van der Waals surface area contributed by atoms with Crippen LogP contribution in [-0.2, 0) is 9.59 Å². The molecule has 16 nitrogen and oxygen atoms in total. The minimum absolute atomic E-state index is 0.0724. The van der Waals surface area contributed by atoms with Gasteiger partial charge in [-0.15, -0.1) is 0 Å². The Morgan fingerprint density at radius 2 is 1.75 bits per heavy atom. The number of hydrogen-bond acceptors (Lipinski definition) is 11. The second-order valence-corrected chi connectivity index (χ2v) is 15.6. The fraction of sp³-hybridized carbons (Fsp3) is 0.415. The van der Waals surface area contributed by atoms with Crippen LogP contribution in [0.5, 0.6) is 5.75 Å². The SMILES string of the molecule is CN(C1CCC(n2cc3cc(NC(=O)c4cnn5cccnc45)c(OCC(F)F)cc3n2)CC1)C1CCN(c2ccc3c(c2)C(=O)N(C2CCC(=O)NC2=O)C3=O)CC1. The summed E-state index contributed by atoms with van der Waals surface area (Å²) in [7, 11) is 2.19. The first kappa shape index (κ1) is 38.2. The Kier molecular flexibility index (Phi) is 10.0. The topological polar surface area (TPSA) is 176 Å². The number of rotatable bonds is 10. The molecule has 0 radical (unpaired) electrons. The van der Waals surface area contributed by atoms with E-state index >= 15 is 0 Å². The Morgan fingerprint density at radius 1 is 0.983 bits per heavy atom. The number of aromatic nitrogens is 5. The number of piperidine rings is 2. The van der Waals surface area contributed by atoms with Gasteiger partial charge in [0.25, 0.3) is 24.1 Å². The van der Waals surface area contributed by atoms with Crippen LogP contribution in [0.2, 0.25) is 0 Å². The molecule has 3 aliphatic heterocycles. The predicted octanol–water partition coefficient (Wildman–Crippen LogP) is 4.46. The molecule has 59 heavy (non-hydrogen) atoms. The molecule has 0 bridgehead atoms. The molecular weight excluding hydrogens is 767 g/mol. The largest absolute Gasteiger partial charge is 0.485 e. The molecule has 2 saturated heterocycles. The van der Waals surface area contributed by atoms with Crippen molar-refractivity contribution >= 4 is 57.5 Å². The molecular formula is C41H42F2N10O6. The molecule has 1 unspecified atom stereocenters. The molecule has 306 valence electrons. The first-order valence-electron chi connectivity index (χ1n) is 19.9. The maximum atomic E-state index is 13.4. The zero-order chi connectivity index (χ0) is 40.9. The van der Waals surface area contributed by atoms with Crippen molar-refractivity contribution in [2.75, 3.05) is 37.0 Å². The molecule has 3 aromatic heterocycles. The van der Waals surface area contributed by atoms with Gasteiger partial charge >= 0.3 is 0 Å². The second kappa shape index (κ2) is 15.5. The fourth-order valence-electron chi connectivity index (χ4n) is 9.02. The van der Waals surface area contributed by atoms with Gasteiger partial charge in [-0.2, -0.15) is 10.2 Å². The van der Waals surface area contributed by atoms with Gasteiger partial charge in [0.2, 0.25) is 11.8 Å². The van der Waals surface area contributed by atoms with Gasteiger partial charge in [0, 0.05) is 67.3 Å². The molecule has 5 amide bonds. The van der Waals surface area contributed by atoms with Crippen LogP contribution in [-0.4, -0.2) is 115 Å². The van der Waals surface area contributed by atoms with Gasteiger partial charge in [-0.3, -0.25) is 38.9 Å². The third-order valence-corrected chi connectivity index (χ3v) is 12.2. The maximum Gasteiger partial charge on any atom is 0.272 e. The van der Waals surface area contributed by atoms with E-state index in [1.165, 1.54) is 10.7 Å². The van der Waals surface area contributed by atoms with Crippen molar-refractivity contribution in [1.29, 1.82) is 0 Å². The van der Waals surface area contributed by atoms with Crippen LogP contribution in [0.25, 0.3) is 16.6 Å². The first-order chi connectivity index (χ1) is 28.5. The highest BCUT2D eigenvalue weighted by molar-refractivity contribution is 6.23. The Bertz CT molecular complexity index is 2490. The van der Waals surface area contributed by atoms with Gasteiger partial charge in [-0.1, -0.05) is 0 Å². The van der Waals surface area contributed by atoms with Gasteiger partial charge in [-0.05, 0) is 82.3 Å². The number of nitrogens with zero attached hydrogens (tertiary/aromatic N) is 8. The Morgan fingerprint density at radius 3 is 2.51 bits per heavy atom. The summed E-state index contributed by atoms with van der Waals surface area (Å²) in [4.78, 5) is 73.9. The number of amides is 5. The highest BCUT2D eigenvalue weighted by atomic mass is 19.3. The van der Waals surface area contributed by atoms with Crippen molar-refractivity contribution in [3.05, 3.63) is 77.9 Å². The van der Waals surface area contributed by atoms with Crippen molar-refractivity contribution in [1.82, 2.24) is 39.5 Å². The molecule has 18 heteroatoms. The number of alkyl halides is 2. The van der Waals surface area contributed by atoms with E-state index in [9.17, 15) is 32.8 Å². The van der Waals surface area contributed by atoms with Gasteiger partial charge in [0.1, 0.15) is 24.0 Å². The lowest BCUT2D eigenvalue weighted by atomic mass is 9.88. The summed E-state index contributed by atoms with van der Waals surface area (Å²) in [6.45, 7) is 0.723. The van der Waals surface area contributed by atoms with Crippen LogP contribution in [0.15, 0.2) is 61.2 Å². The van der Waals surface area contributed by atoms with E-state index < -0.39 is 48.6 Å². The van der Waals surface area contributed by atoms with Crippen LogP contribution >= 0.6 is 0 Å². The van der Waals surface area contributed by atoms with Crippen molar-refractivity contribution in [2.45, 2.75) is 82.0 Å². The first-order valence-corrected chi connectivity index (χ1v) is 19.9. The number of benzene rings is 2. The molecule has 1 saturated carbocycles. The molecule has 6 heterocycles. The number of halogens is 2. The van der Waals surface area contributed by atoms with Crippen LogP contribution in [0, 0.1) is 0 Å². The van der Waals surface area contributed by atoms with Crippen LogP contribution in [0.3, 0.4) is 0 Å². The third kappa shape index (κ3) is 7.25. The highest BCUT2D eigenvalue weighted by Crippen LogP contribution is 2.37. The van der Waals surface area contributed by atoms with E-state index in [-0.39, 0.29) is 47.0 Å². The normalized spacial score (nSPS) is 21.5. The Hall–Kier alpha value is -6.30. The minimum Gasteiger partial charge on any atom is -0.485 e. The van der Waals surface area contributed by atoms with Gasteiger partial charge in [-0.25, -0.2) is 18.3 Å². The number of hydrogen-bond donors (Lipinski definition) is 2. The molecule has 9 rings (SSSR count). The number of anilines is 2. The molecule has 5 aromatic rings. The van der Waals surface area contributed by atoms with E-state index in [2.05, 4.69) is 37.6 Å². The molecule has 2 aromatic carbocycles. The summed E-state index contributed by atoms with van der Waals surface area (Å²) < 4.78 is 35.3. The standard InChI is InChI=1S/C41H42F2N10O6/c1-49(25-11-15-50(16-12-25)27-7-8-28-29(18-27)41(58)53(40(28)57)33-9-10-36(54)47-39(33)56)24-3-5-26(6-4-24)52-21-23-17-32(34(19-31(23)48-52)59-22-35(42)43)46-38(55)30-20-45-51-14-2-13-44-37(30)51/h2,7-8,13-14,17-21,24-26,33,35H,3-6,9-12,15-16,22H2,1H3,(H,46,55)(H,47,54,56). The lowest BCUT2D eigenvalue weighted by Gasteiger charge is -2.43. The maximum absolute atomic E-state index is 13.4. The van der Waals surface area contributed by atoms with Crippen LogP contribution in [0.4, 0.5) is 20.2 Å². The molecule has 2 N–H and O–H groups in total. The molecule has 3 fully saturated rings. The molecule has 4 aliphatic rings. The average Bonchev–Trinajstić information content (AvgIpc) is 3.93. The predicted molar refractivity (Wildman–Crippen MR) is 210 cm³/mol. The van der Waals surface area contributed by atoms with E-state index in [1.807, 2.05) is 16.9 Å². The fourth-order valence-corrected chi connectivity index (χ4v) is 9.02. The lowest BCUT2D eigenvalue weighted by molar-refractivity contribution is -0.136. The molecule has 1 aliphatic carbocycles. The highest BCUT2D eigenvalue weighted by Gasteiger charge is 2.45. The molecule has 0 spiro atoms. The van der Waals surface area contributed by atoms with E-state index in [4.69, 9.17) is 9.84 Å². The lowest BCUT2D eigenvalue weighted by Crippen LogP contribution is -2.54. The number of nitrogens with one attached hydrogen (secondary N) is 2. The summed E-state index contributed by atoms with van der Waals surface area (Å²) in [5.41, 5.74) is 2.81. The van der Waals surface area contributed by atoms with Crippen LogP contribution < -0.4 is 20.3 Å². The van der Waals surface area contributed by atoms with Crippen LogP contribution in [0.1, 0.15) is 88.5 Å². The average molecular weight is 809 g/mol. The van der Waals surface area contributed by atoms with Crippen molar-refractivity contribution < 1.29 is 37.5 Å². The second-order valence-electron chi connectivity index (χ2n) is 15.6. The van der Waals surface area contributed by atoms with Gasteiger partial charge in [0.05, 0.1) is 34.6 Å². The summed E-state index contributed by atoms with van der Waals surface area (Å²) >= 11 is 0. The van der Waals surface area contributed by atoms with Crippen molar-refractivity contribution in [3.63, 3.8) is 0 Å². The van der Waals surface area contributed by atoms with Gasteiger partial charge < -0.3 is 19.9 Å². The quantitative estimate of drug-likeness (QED) is 0.191. The summed E-state index contributed by atoms with van der Waals surface area (Å²) in [6.07, 6.45) is 9.64. The summed E-state index contributed by atoms with van der Waals surface area (Å²) in [5.74, 6) is -2.47. The Labute approximate surface area is 336 Å². The number of ether oxygens (including phenoxy) is 1. The van der Waals surface area contributed by atoms with E-state index in [1.54, 1.807) is 42.7 Å². The third-order valence-electron chi connectivity index (χ3n) is 12.2. The summed E-state index contributed by atoms with van der Waals surface area (Å²) in [5, 5.41) is 14.8. The number of carbonyl (C=O) groups excluding carboxylic acids is 5. The van der Waals surface area contributed by atoms with Crippen molar-refractivity contribution in [2.24, 2.45) is 0 Å². The monoisotopic (exact) mass is 808 g/mol. The zero-order valence-corrected chi connectivity index (χ0v) is 32.2. The van der Waals surface area contributed by atoms with E-state index in [0.717, 1.165) is 67.6 Å². The minimum atomic E-state index is -2.71. The van der Waals surface area contributed by atoms with Crippen molar-refractivity contribution in [3.8, 4) is 5.75 Å². The zero-order valence-electron chi connectivity index (χ0n) is 32.2. The molecule has 1 atom stereocenters. The Balaban J connectivity index is 0.815. The number of imide groups is 2. The smallest absolute Gasteiger partial charge is 0.272 e. The number of carbonyl (C=O) groups is 5. The number of fused-ring (bicyclic) bond motifs is 3. The summed E-state index contributed by atoms with van der Waals surface area (Å²) in [6, 6.07) is 10.1. The van der Waals surface area contributed by atoms with Gasteiger partial charge in [0.15, 0.2) is 5.65 Å². The van der Waals surface area contributed by atoms with E-state index in [0.29, 0.717) is 23.2 Å².